The fourth-order valence-corrected chi connectivity index (χ4v) is 4.17. The van der Waals surface area contributed by atoms with Crippen molar-refractivity contribution in [3.63, 3.8) is 0 Å². The van der Waals surface area contributed by atoms with Gasteiger partial charge in [0.15, 0.2) is 11.6 Å². The molecule has 1 saturated carbocycles. The highest BCUT2D eigenvalue weighted by molar-refractivity contribution is 5.72. The average Bonchev–Trinajstić information content (AvgIpc) is 2.76. The van der Waals surface area contributed by atoms with Crippen molar-refractivity contribution in [2.75, 3.05) is 6.61 Å². The van der Waals surface area contributed by atoms with Gasteiger partial charge in [-0.1, -0.05) is 73.9 Å². The first-order valence-electron chi connectivity index (χ1n) is 10.8. The standard InChI is InChI=1S/C27H28F2O/c1-18-3-7-20(8-4-18)17-30-23-13-11-22(12-14-23)25-16-15-24(26(28)27(25)29)21-9-5-19(2)6-10-21/h5-6,9-16,18,20H,3-4,7-8,17H2,1-2H3. The molecule has 0 heterocycles. The van der Waals surface area contributed by atoms with E-state index in [0.29, 0.717) is 17.0 Å². The second kappa shape index (κ2) is 8.99. The Kier molecular flexibility index (Phi) is 6.17. The molecule has 0 saturated heterocycles. The average molecular weight is 407 g/mol. The van der Waals surface area contributed by atoms with Gasteiger partial charge in [-0.3, -0.25) is 0 Å². The Labute approximate surface area is 177 Å². The molecule has 4 rings (SSSR count). The summed E-state index contributed by atoms with van der Waals surface area (Å²) in [7, 11) is 0. The predicted octanol–water partition coefficient (Wildman–Crippen LogP) is 7.81. The molecule has 1 aliphatic carbocycles. The maximum Gasteiger partial charge on any atom is 0.167 e. The summed E-state index contributed by atoms with van der Waals surface area (Å²) in [6.07, 6.45) is 4.99. The molecule has 3 aromatic rings. The van der Waals surface area contributed by atoms with Gasteiger partial charge in [0.25, 0.3) is 0 Å². The number of aryl methyl sites for hydroxylation is 1. The molecule has 0 aliphatic heterocycles. The minimum Gasteiger partial charge on any atom is -0.493 e. The van der Waals surface area contributed by atoms with Crippen molar-refractivity contribution < 1.29 is 13.5 Å². The minimum absolute atomic E-state index is 0.260. The van der Waals surface area contributed by atoms with Crippen LogP contribution in [0.4, 0.5) is 8.78 Å². The number of ether oxygens (including phenoxy) is 1. The quantitative estimate of drug-likeness (QED) is 0.420. The van der Waals surface area contributed by atoms with Gasteiger partial charge < -0.3 is 4.74 Å². The van der Waals surface area contributed by atoms with E-state index >= 15 is 0 Å². The third-order valence-electron chi connectivity index (χ3n) is 6.23. The van der Waals surface area contributed by atoms with Gasteiger partial charge in [-0.25, -0.2) is 8.78 Å². The van der Waals surface area contributed by atoms with Gasteiger partial charge in [-0.2, -0.15) is 0 Å². The van der Waals surface area contributed by atoms with Crippen LogP contribution in [-0.4, -0.2) is 6.61 Å². The second-order valence-corrected chi connectivity index (χ2v) is 8.62. The lowest BCUT2D eigenvalue weighted by Gasteiger charge is -2.26. The fraction of sp³-hybridized carbons (Fsp3) is 0.333. The van der Waals surface area contributed by atoms with E-state index in [0.717, 1.165) is 23.8 Å². The van der Waals surface area contributed by atoms with Gasteiger partial charge in [0.05, 0.1) is 6.61 Å². The lowest BCUT2D eigenvalue weighted by Crippen LogP contribution is -2.18. The molecule has 0 aromatic heterocycles. The summed E-state index contributed by atoms with van der Waals surface area (Å²) in [6, 6.07) is 18.0. The summed E-state index contributed by atoms with van der Waals surface area (Å²) in [5.74, 6) is 0.575. The van der Waals surface area contributed by atoms with Gasteiger partial charge in [-0.05, 0) is 54.9 Å². The van der Waals surface area contributed by atoms with Gasteiger partial charge in [0.2, 0.25) is 0 Å². The highest BCUT2D eigenvalue weighted by atomic mass is 19.2. The SMILES string of the molecule is Cc1ccc(-c2ccc(-c3ccc(OCC4CCC(C)CC4)cc3)c(F)c2F)cc1. The molecular weight excluding hydrogens is 378 g/mol. The molecule has 30 heavy (non-hydrogen) atoms. The van der Waals surface area contributed by atoms with Crippen LogP contribution in [0.3, 0.4) is 0 Å². The molecule has 1 aliphatic rings. The fourth-order valence-electron chi connectivity index (χ4n) is 4.17. The van der Waals surface area contributed by atoms with Gasteiger partial charge >= 0.3 is 0 Å². The molecule has 0 unspecified atom stereocenters. The number of rotatable bonds is 5. The Balaban J connectivity index is 1.47. The Morgan fingerprint density at radius 3 is 1.77 bits per heavy atom. The van der Waals surface area contributed by atoms with E-state index in [1.807, 2.05) is 43.3 Å². The third kappa shape index (κ3) is 4.56. The Hall–Kier alpha value is -2.68. The molecule has 0 radical (unpaired) electrons. The van der Waals surface area contributed by atoms with Crippen LogP contribution in [0.2, 0.25) is 0 Å². The van der Waals surface area contributed by atoms with Crippen LogP contribution in [-0.2, 0) is 0 Å². The van der Waals surface area contributed by atoms with Crippen LogP contribution in [0.1, 0.15) is 38.2 Å². The maximum atomic E-state index is 14.8. The molecular formula is C27H28F2O. The van der Waals surface area contributed by atoms with Gasteiger partial charge in [0, 0.05) is 11.1 Å². The molecule has 0 bridgehead atoms. The maximum absolute atomic E-state index is 14.8. The van der Waals surface area contributed by atoms with E-state index in [4.69, 9.17) is 4.74 Å². The summed E-state index contributed by atoms with van der Waals surface area (Å²) < 4.78 is 35.5. The molecule has 3 aromatic carbocycles. The van der Waals surface area contributed by atoms with Crippen LogP contribution < -0.4 is 4.74 Å². The molecule has 0 spiro atoms. The molecule has 3 heteroatoms. The highest BCUT2D eigenvalue weighted by Gasteiger charge is 2.19. The van der Waals surface area contributed by atoms with Crippen molar-refractivity contribution in [2.24, 2.45) is 11.8 Å². The van der Waals surface area contributed by atoms with Crippen LogP contribution in [0.25, 0.3) is 22.3 Å². The zero-order valence-corrected chi connectivity index (χ0v) is 17.6. The largest absolute Gasteiger partial charge is 0.493 e. The summed E-state index contributed by atoms with van der Waals surface area (Å²) in [4.78, 5) is 0. The molecule has 0 N–H and O–H groups in total. The predicted molar refractivity (Wildman–Crippen MR) is 119 cm³/mol. The molecule has 1 nitrogen and oxygen atoms in total. The van der Waals surface area contributed by atoms with Crippen molar-refractivity contribution in [2.45, 2.75) is 39.5 Å². The van der Waals surface area contributed by atoms with Crippen molar-refractivity contribution >= 4 is 0 Å². The van der Waals surface area contributed by atoms with E-state index in [9.17, 15) is 8.78 Å². The first-order valence-corrected chi connectivity index (χ1v) is 10.8. The topological polar surface area (TPSA) is 9.23 Å². The zero-order valence-electron chi connectivity index (χ0n) is 17.6. The van der Waals surface area contributed by atoms with Crippen LogP contribution in [0.5, 0.6) is 5.75 Å². The van der Waals surface area contributed by atoms with Crippen molar-refractivity contribution in [3.05, 3.63) is 77.9 Å². The van der Waals surface area contributed by atoms with Crippen LogP contribution in [0.15, 0.2) is 60.7 Å². The highest BCUT2D eigenvalue weighted by Crippen LogP contribution is 2.33. The van der Waals surface area contributed by atoms with Crippen LogP contribution in [0, 0.1) is 30.4 Å². The molecule has 156 valence electrons. The number of hydrogen-bond acceptors (Lipinski definition) is 1. The summed E-state index contributed by atoms with van der Waals surface area (Å²) >= 11 is 0. The number of hydrogen-bond donors (Lipinski definition) is 0. The second-order valence-electron chi connectivity index (χ2n) is 8.62. The van der Waals surface area contributed by atoms with E-state index in [2.05, 4.69) is 6.92 Å². The Morgan fingerprint density at radius 1 is 0.733 bits per heavy atom. The van der Waals surface area contributed by atoms with Crippen molar-refractivity contribution in [3.8, 4) is 28.0 Å². The van der Waals surface area contributed by atoms with Gasteiger partial charge in [-0.15, -0.1) is 0 Å². The number of benzene rings is 3. The van der Waals surface area contributed by atoms with Crippen LogP contribution >= 0.6 is 0 Å². The van der Waals surface area contributed by atoms with E-state index in [-0.39, 0.29) is 11.1 Å². The third-order valence-corrected chi connectivity index (χ3v) is 6.23. The molecule has 1 fully saturated rings. The van der Waals surface area contributed by atoms with E-state index in [1.54, 1.807) is 24.3 Å². The normalized spacial score (nSPS) is 18.9. The molecule has 0 atom stereocenters. The Morgan fingerprint density at radius 2 is 1.23 bits per heavy atom. The minimum atomic E-state index is -0.821. The first kappa shape index (κ1) is 20.6. The monoisotopic (exact) mass is 406 g/mol. The lowest BCUT2D eigenvalue weighted by atomic mass is 9.83. The zero-order chi connectivity index (χ0) is 21.1. The van der Waals surface area contributed by atoms with Crippen molar-refractivity contribution in [1.82, 2.24) is 0 Å². The van der Waals surface area contributed by atoms with E-state index in [1.165, 1.54) is 25.7 Å². The summed E-state index contributed by atoms with van der Waals surface area (Å²) in [6.45, 7) is 5.00. The number of halogens is 2. The first-order chi connectivity index (χ1) is 14.5. The van der Waals surface area contributed by atoms with Crippen molar-refractivity contribution in [1.29, 1.82) is 0 Å². The summed E-state index contributed by atoms with van der Waals surface area (Å²) in [5, 5.41) is 0. The molecule has 0 amide bonds. The Bertz CT molecular complexity index is 985. The lowest BCUT2D eigenvalue weighted by molar-refractivity contribution is 0.188. The van der Waals surface area contributed by atoms with Gasteiger partial charge in [0.1, 0.15) is 5.75 Å². The summed E-state index contributed by atoms with van der Waals surface area (Å²) in [5.41, 5.74) is 2.93. The van der Waals surface area contributed by atoms with E-state index < -0.39 is 11.6 Å². The smallest absolute Gasteiger partial charge is 0.167 e.